The van der Waals surface area contributed by atoms with Crippen LogP contribution in [0.2, 0.25) is 0 Å². The topological polar surface area (TPSA) is 92.3 Å². The summed E-state index contributed by atoms with van der Waals surface area (Å²) in [6.07, 6.45) is -0.140. The van der Waals surface area contributed by atoms with E-state index in [4.69, 9.17) is 15.3 Å². The van der Waals surface area contributed by atoms with Crippen molar-refractivity contribution in [3.05, 3.63) is 24.3 Å². The van der Waals surface area contributed by atoms with Crippen LogP contribution in [0.15, 0.2) is 29.4 Å². The molecule has 7 nitrogen and oxygen atoms in total. The minimum Gasteiger partial charge on any atom is -0.497 e. The van der Waals surface area contributed by atoms with Gasteiger partial charge in [0.15, 0.2) is 5.82 Å². The number of aromatic nitrogens is 3. The summed E-state index contributed by atoms with van der Waals surface area (Å²) in [6.45, 7) is 3.60. The highest BCUT2D eigenvalue weighted by Gasteiger charge is 2.14. The van der Waals surface area contributed by atoms with E-state index in [0.717, 1.165) is 11.3 Å². The summed E-state index contributed by atoms with van der Waals surface area (Å²) in [7, 11) is 1.60. The smallest absolute Gasteiger partial charge is 0.316 e. The van der Waals surface area contributed by atoms with Crippen LogP contribution in [0, 0.1) is 0 Å². The normalized spacial score (nSPS) is 10.7. The minimum atomic E-state index is -0.311. The molecule has 1 heterocycles. The van der Waals surface area contributed by atoms with Crippen LogP contribution >= 0.6 is 11.8 Å². The largest absolute Gasteiger partial charge is 0.497 e. The van der Waals surface area contributed by atoms with Crippen LogP contribution in [0.3, 0.4) is 0 Å². The number of nitrogens with two attached hydrogens (primary N) is 1. The van der Waals surface area contributed by atoms with Gasteiger partial charge in [0.25, 0.3) is 0 Å². The highest BCUT2D eigenvalue weighted by atomic mass is 32.2. The van der Waals surface area contributed by atoms with E-state index in [9.17, 15) is 4.79 Å². The third kappa shape index (κ3) is 3.91. The summed E-state index contributed by atoms with van der Waals surface area (Å²) in [5, 5.41) is 8.50. The number of hydrogen-bond acceptors (Lipinski definition) is 7. The molecule has 8 heteroatoms. The number of rotatable bonds is 6. The lowest BCUT2D eigenvalue weighted by Gasteiger charge is -2.07. The predicted molar refractivity (Wildman–Crippen MR) is 84.1 cm³/mol. The summed E-state index contributed by atoms with van der Waals surface area (Å²) >= 11 is 1.19. The van der Waals surface area contributed by atoms with E-state index in [-0.39, 0.29) is 17.8 Å². The highest BCUT2D eigenvalue weighted by molar-refractivity contribution is 7.99. The maximum atomic E-state index is 11.5. The first kappa shape index (κ1) is 16.2. The average Bonchev–Trinajstić information content (AvgIpc) is 2.85. The van der Waals surface area contributed by atoms with Gasteiger partial charge in [-0.3, -0.25) is 4.79 Å². The second-order valence-corrected chi connectivity index (χ2v) is 5.67. The van der Waals surface area contributed by atoms with Crippen LogP contribution in [-0.4, -0.2) is 39.8 Å². The molecule has 0 fully saturated rings. The number of thioether (sulfide) groups is 1. The van der Waals surface area contributed by atoms with Gasteiger partial charge in [0.1, 0.15) is 5.75 Å². The third-order valence-electron chi connectivity index (χ3n) is 2.70. The van der Waals surface area contributed by atoms with Gasteiger partial charge in [0.2, 0.25) is 5.16 Å². The number of nitrogen functional groups attached to an aromatic ring is 1. The SMILES string of the molecule is COc1ccc(-c2nnc(SCC(=O)OC(C)C)n2N)cc1. The molecule has 0 spiro atoms. The Kier molecular flexibility index (Phi) is 5.26. The van der Waals surface area contributed by atoms with Crippen molar-refractivity contribution in [1.29, 1.82) is 0 Å². The molecule has 0 saturated carbocycles. The fourth-order valence-electron chi connectivity index (χ4n) is 1.73. The molecule has 2 aromatic rings. The van der Waals surface area contributed by atoms with E-state index < -0.39 is 0 Å². The zero-order valence-corrected chi connectivity index (χ0v) is 13.5. The van der Waals surface area contributed by atoms with E-state index in [1.54, 1.807) is 21.0 Å². The molecule has 0 radical (unpaired) electrons. The van der Waals surface area contributed by atoms with Crippen molar-refractivity contribution in [2.24, 2.45) is 0 Å². The van der Waals surface area contributed by atoms with Crippen molar-refractivity contribution in [2.45, 2.75) is 25.1 Å². The summed E-state index contributed by atoms with van der Waals surface area (Å²) in [6, 6.07) is 7.31. The van der Waals surface area contributed by atoms with Crippen LogP contribution in [0.1, 0.15) is 13.8 Å². The molecule has 0 aliphatic rings. The van der Waals surface area contributed by atoms with E-state index in [1.807, 2.05) is 24.3 Å². The molecule has 0 amide bonds. The van der Waals surface area contributed by atoms with Gasteiger partial charge >= 0.3 is 5.97 Å². The molecule has 2 rings (SSSR count). The monoisotopic (exact) mass is 322 g/mol. The summed E-state index contributed by atoms with van der Waals surface area (Å²) in [4.78, 5) is 11.5. The lowest BCUT2D eigenvalue weighted by Crippen LogP contribution is -2.15. The lowest BCUT2D eigenvalue weighted by atomic mass is 10.2. The number of carbonyl (C=O) groups excluding carboxylic acids is 1. The molecular weight excluding hydrogens is 304 g/mol. The first-order valence-electron chi connectivity index (χ1n) is 6.68. The molecular formula is C14H18N4O3S. The second kappa shape index (κ2) is 7.17. The molecule has 0 bridgehead atoms. The van der Waals surface area contributed by atoms with E-state index >= 15 is 0 Å². The van der Waals surface area contributed by atoms with Gasteiger partial charge in [-0.2, -0.15) is 0 Å². The van der Waals surface area contributed by atoms with Crippen LogP contribution in [0.25, 0.3) is 11.4 Å². The number of esters is 1. The average molecular weight is 322 g/mol. The number of methoxy groups -OCH3 is 1. The summed E-state index contributed by atoms with van der Waals surface area (Å²) in [5.41, 5.74) is 0.812. The molecule has 0 aliphatic heterocycles. The standard InChI is InChI=1S/C14H18N4O3S/c1-9(2)21-12(19)8-22-14-17-16-13(18(14)15)10-4-6-11(20-3)7-5-10/h4-7,9H,8,15H2,1-3H3. The Labute approximate surface area is 132 Å². The first-order valence-corrected chi connectivity index (χ1v) is 7.67. The number of benzene rings is 1. The van der Waals surface area contributed by atoms with Crippen LogP contribution < -0.4 is 10.6 Å². The third-order valence-corrected chi connectivity index (χ3v) is 3.62. The van der Waals surface area contributed by atoms with E-state index in [0.29, 0.717) is 11.0 Å². The van der Waals surface area contributed by atoms with Gasteiger partial charge in [-0.05, 0) is 38.1 Å². The van der Waals surface area contributed by atoms with Crippen molar-refractivity contribution < 1.29 is 14.3 Å². The van der Waals surface area contributed by atoms with E-state index in [1.165, 1.54) is 16.4 Å². The quantitative estimate of drug-likeness (QED) is 0.491. The number of nitrogens with zero attached hydrogens (tertiary/aromatic N) is 3. The molecule has 118 valence electrons. The zero-order valence-electron chi connectivity index (χ0n) is 12.6. The molecule has 0 unspecified atom stereocenters. The maximum absolute atomic E-state index is 11.5. The van der Waals surface area contributed by atoms with Crippen molar-refractivity contribution in [3.8, 4) is 17.1 Å². The molecule has 0 saturated heterocycles. The van der Waals surface area contributed by atoms with Gasteiger partial charge in [-0.15, -0.1) is 10.2 Å². The van der Waals surface area contributed by atoms with Crippen LogP contribution in [-0.2, 0) is 9.53 Å². The first-order chi connectivity index (χ1) is 10.5. The molecule has 1 aromatic heterocycles. The van der Waals surface area contributed by atoms with Gasteiger partial charge < -0.3 is 15.3 Å². The minimum absolute atomic E-state index is 0.135. The molecule has 0 aliphatic carbocycles. The number of hydrogen-bond donors (Lipinski definition) is 1. The van der Waals surface area contributed by atoms with Gasteiger partial charge in [-0.25, -0.2) is 4.68 Å². The molecule has 2 N–H and O–H groups in total. The van der Waals surface area contributed by atoms with Crippen molar-refractivity contribution in [1.82, 2.24) is 14.9 Å². The van der Waals surface area contributed by atoms with E-state index in [2.05, 4.69) is 10.2 Å². The maximum Gasteiger partial charge on any atom is 0.316 e. The molecule has 1 aromatic carbocycles. The predicted octanol–water partition coefficient (Wildman–Crippen LogP) is 1.71. The van der Waals surface area contributed by atoms with Crippen molar-refractivity contribution in [3.63, 3.8) is 0 Å². The Morgan fingerprint density at radius 3 is 2.59 bits per heavy atom. The van der Waals surface area contributed by atoms with Gasteiger partial charge in [0, 0.05) is 5.56 Å². The number of ether oxygens (including phenoxy) is 2. The summed E-state index contributed by atoms with van der Waals surface area (Å²) in [5.74, 6) is 7.07. The van der Waals surface area contributed by atoms with Gasteiger partial charge in [-0.1, -0.05) is 11.8 Å². The highest BCUT2D eigenvalue weighted by Crippen LogP contribution is 2.23. The lowest BCUT2D eigenvalue weighted by molar-refractivity contribution is -0.144. The fourth-order valence-corrected chi connectivity index (χ4v) is 2.37. The molecule has 22 heavy (non-hydrogen) atoms. The Balaban J connectivity index is 2.07. The Hall–Kier alpha value is -2.22. The van der Waals surface area contributed by atoms with Crippen molar-refractivity contribution in [2.75, 3.05) is 18.7 Å². The Bertz CT molecular complexity index is 640. The molecule has 0 atom stereocenters. The Morgan fingerprint density at radius 1 is 1.32 bits per heavy atom. The van der Waals surface area contributed by atoms with Crippen LogP contribution in [0.4, 0.5) is 0 Å². The zero-order chi connectivity index (χ0) is 16.1. The summed E-state index contributed by atoms with van der Waals surface area (Å²) < 4.78 is 11.5. The van der Waals surface area contributed by atoms with Crippen molar-refractivity contribution >= 4 is 17.7 Å². The second-order valence-electron chi connectivity index (χ2n) is 4.73. The Morgan fingerprint density at radius 2 is 2.00 bits per heavy atom. The fraction of sp³-hybridized carbons (Fsp3) is 0.357. The van der Waals surface area contributed by atoms with Gasteiger partial charge in [0.05, 0.1) is 19.0 Å². The van der Waals surface area contributed by atoms with Crippen LogP contribution in [0.5, 0.6) is 5.75 Å². The number of carbonyl (C=O) groups is 1.